The lowest BCUT2D eigenvalue weighted by molar-refractivity contribution is -0.153. The summed E-state index contributed by atoms with van der Waals surface area (Å²) in [6.45, 7) is 6.61. The van der Waals surface area contributed by atoms with Crippen LogP contribution in [-0.4, -0.2) is 29.4 Å². The number of aliphatic imine (C=N–C) groups is 1. The maximum Gasteiger partial charge on any atom is 0.232 e. The average molecular weight is 503 g/mol. The number of likely N-dealkylation sites (tertiary alicyclic amines) is 1. The molecule has 2 fully saturated rings. The monoisotopic (exact) mass is 502 g/mol. The summed E-state index contributed by atoms with van der Waals surface area (Å²) >= 11 is 1.63. The number of benzene rings is 1. The molecule has 2 bridgehead atoms. The topological polar surface area (TPSA) is 64.3 Å². The molecule has 1 aliphatic carbocycles. The molecule has 1 spiro atoms. The molecule has 4 heterocycles. The Balaban J connectivity index is 1.49. The highest BCUT2D eigenvalue weighted by Crippen LogP contribution is 2.61. The highest BCUT2D eigenvalue weighted by atomic mass is 32.1. The zero-order valence-corrected chi connectivity index (χ0v) is 21.4. The molecule has 36 heavy (non-hydrogen) atoms. The molecule has 6 nitrogen and oxygen atoms in total. The van der Waals surface area contributed by atoms with Crippen molar-refractivity contribution in [2.45, 2.75) is 50.6 Å². The van der Waals surface area contributed by atoms with E-state index in [0.29, 0.717) is 19.4 Å². The van der Waals surface area contributed by atoms with Crippen LogP contribution < -0.4 is 4.74 Å². The number of furan rings is 1. The molecule has 1 amide bonds. The Kier molecular flexibility index (Phi) is 5.65. The van der Waals surface area contributed by atoms with E-state index >= 15 is 0 Å². The van der Waals surface area contributed by atoms with E-state index in [1.54, 1.807) is 24.7 Å². The van der Waals surface area contributed by atoms with E-state index in [1.165, 1.54) is 5.56 Å². The summed E-state index contributed by atoms with van der Waals surface area (Å²) in [4.78, 5) is 22.6. The van der Waals surface area contributed by atoms with Crippen molar-refractivity contribution in [2.75, 3.05) is 7.11 Å². The Labute approximate surface area is 215 Å². The van der Waals surface area contributed by atoms with Crippen molar-refractivity contribution in [3.05, 3.63) is 89.0 Å². The van der Waals surface area contributed by atoms with Gasteiger partial charge in [0.2, 0.25) is 5.91 Å². The van der Waals surface area contributed by atoms with E-state index in [9.17, 15) is 4.79 Å². The van der Waals surface area contributed by atoms with Crippen LogP contribution in [0, 0.1) is 11.3 Å². The van der Waals surface area contributed by atoms with Crippen molar-refractivity contribution < 1.29 is 18.7 Å². The second kappa shape index (κ2) is 8.75. The second-order valence-corrected chi connectivity index (χ2v) is 11.0. The van der Waals surface area contributed by atoms with Gasteiger partial charge in [-0.1, -0.05) is 31.2 Å². The van der Waals surface area contributed by atoms with Gasteiger partial charge in [0.25, 0.3) is 0 Å². The first-order valence-corrected chi connectivity index (χ1v) is 13.3. The molecule has 2 aliphatic heterocycles. The van der Waals surface area contributed by atoms with Crippen molar-refractivity contribution in [1.82, 2.24) is 4.90 Å². The number of methoxy groups -OCH3 is 1. The summed E-state index contributed by atoms with van der Waals surface area (Å²) < 4.78 is 17.9. The Morgan fingerprint density at radius 3 is 2.75 bits per heavy atom. The fourth-order valence-corrected chi connectivity index (χ4v) is 7.11. The van der Waals surface area contributed by atoms with Crippen molar-refractivity contribution in [3.8, 4) is 5.75 Å². The molecule has 5 atom stereocenters. The number of carbonyl (C=O) groups excluding carboxylic acids is 1. The second-order valence-electron chi connectivity index (χ2n) is 10.0. The molecule has 1 aromatic carbocycles. The molecule has 7 heteroatoms. The van der Waals surface area contributed by atoms with Gasteiger partial charge in [0.05, 0.1) is 35.9 Å². The number of fused-ring (bicyclic) bond motifs is 1. The van der Waals surface area contributed by atoms with Crippen LogP contribution in [0.3, 0.4) is 0 Å². The van der Waals surface area contributed by atoms with Gasteiger partial charge in [0, 0.05) is 6.42 Å². The quantitative estimate of drug-likeness (QED) is 0.354. The van der Waals surface area contributed by atoms with Crippen LogP contribution in [0.2, 0.25) is 0 Å². The maximum atomic E-state index is 14.5. The summed E-state index contributed by atoms with van der Waals surface area (Å²) in [5, 5.41) is 2.04. The third-order valence-corrected chi connectivity index (χ3v) is 9.22. The molecule has 2 aromatic heterocycles. The summed E-state index contributed by atoms with van der Waals surface area (Å²) in [6, 6.07) is 16.0. The Morgan fingerprint density at radius 1 is 1.25 bits per heavy atom. The highest BCUT2D eigenvalue weighted by molar-refractivity contribution is 7.10. The molecule has 3 aromatic rings. The molecular formula is C29H30N2O4S. The van der Waals surface area contributed by atoms with Gasteiger partial charge < -0.3 is 18.8 Å². The summed E-state index contributed by atoms with van der Waals surface area (Å²) in [5.41, 5.74) is 0.566. The highest BCUT2D eigenvalue weighted by Gasteiger charge is 2.68. The third kappa shape index (κ3) is 3.40. The SMILES string of the molecule is C=CC[C@]12C[C@@]3(O[C@H](c4cccs4)N=C3C[C@H](c3ccc(OC)cc3)[C@H]1C)N(Cc1ccco1)C2=O. The predicted molar refractivity (Wildman–Crippen MR) is 139 cm³/mol. The van der Waals surface area contributed by atoms with E-state index in [4.69, 9.17) is 18.9 Å². The fourth-order valence-electron chi connectivity index (χ4n) is 6.43. The maximum absolute atomic E-state index is 14.5. The van der Waals surface area contributed by atoms with Crippen LogP contribution >= 0.6 is 11.3 Å². The Bertz CT molecular complexity index is 1280. The lowest BCUT2D eigenvalue weighted by Gasteiger charge is -2.39. The van der Waals surface area contributed by atoms with Crippen LogP contribution in [0.25, 0.3) is 0 Å². The molecule has 1 saturated heterocycles. The first-order chi connectivity index (χ1) is 17.5. The van der Waals surface area contributed by atoms with Gasteiger partial charge in [-0.2, -0.15) is 0 Å². The van der Waals surface area contributed by atoms with Crippen molar-refractivity contribution in [1.29, 1.82) is 0 Å². The minimum Gasteiger partial charge on any atom is -0.497 e. The lowest BCUT2D eigenvalue weighted by Crippen LogP contribution is -2.52. The number of hydrogen-bond donors (Lipinski definition) is 0. The fraction of sp³-hybridized carbons (Fsp3) is 0.379. The van der Waals surface area contributed by atoms with E-state index in [-0.39, 0.29) is 17.7 Å². The number of carbonyl (C=O) groups is 1. The summed E-state index contributed by atoms with van der Waals surface area (Å²) in [7, 11) is 1.67. The zero-order chi connectivity index (χ0) is 24.9. The molecule has 186 valence electrons. The van der Waals surface area contributed by atoms with Crippen molar-refractivity contribution in [3.63, 3.8) is 0 Å². The van der Waals surface area contributed by atoms with E-state index in [2.05, 4.69) is 31.7 Å². The molecule has 1 saturated carbocycles. The van der Waals surface area contributed by atoms with Gasteiger partial charge in [0.1, 0.15) is 11.5 Å². The van der Waals surface area contributed by atoms with Crippen LogP contribution in [-0.2, 0) is 16.1 Å². The van der Waals surface area contributed by atoms with Crippen LogP contribution in [0.5, 0.6) is 5.75 Å². The number of nitrogens with zero attached hydrogens (tertiary/aromatic N) is 2. The predicted octanol–water partition coefficient (Wildman–Crippen LogP) is 6.33. The van der Waals surface area contributed by atoms with Crippen LogP contribution in [0.15, 0.2) is 82.2 Å². The minimum atomic E-state index is -0.906. The van der Waals surface area contributed by atoms with E-state index in [0.717, 1.165) is 28.5 Å². The average Bonchev–Trinajstić information content (AvgIpc) is 3.68. The van der Waals surface area contributed by atoms with Gasteiger partial charge in [-0.3, -0.25) is 9.79 Å². The van der Waals surface area contributed by atoms with Crippen LogP contribution in [0.4, 0.5) is 0 Å². The summed E-state index contributed by atoms with van der Waals surface area (Å²) in [6.07, 6.45) is 4.97. The van der Waals surface area contributed by atoms with Crippen molar-refractivity contribution >= 4 is 23.0 Å². The largest absolute Gasteiger partial charge is 0.497 e. The Hall–Kier alpha value is -3.16. The lowest BCUT2D eigenvalue weighted by atomic mass is 9.66. The van der Waals surface area contributed by atoms with Gasteiger partial charge in [-0.25, -0.2) is 0 Å². The van der Waals surface area contributed by atoms with E-state index < -0.39 is 17.4 Å². The van der Waals surface area contributed by atoms with Gasteiger partial charge in [-0.15, -0.1) is 17.9 Å². The number of amides is 1. The van der Waals surface area contributed by atoms with Crippen LogP contribution in [0.1, 0.15) is 54.5 Å². The first-order valence-electron chi connectivity index (χ1n) is 12.4. The standard InChI is InChI=1S/C29H30N2O4S/c1-4-13-28-18-29(31(27(28)32)17-22-7-5-14-34-22)25(30-26(35-29)24-8-6-15-36-24)16-23(19(28)2)20-9-11-21(33-3)12-10-20/h4-12,14-15,19,23,26H,1,13,16-18H2,2-3H3/t19-,23+,26-,28+,29+/m1/s1. The Morgan fingerprint density at radius 2 is 2.08 bits per heavy atom. The van der Waals surface area contributed by atoms with E-state index in [1.807, 2.05) is 46.7 Å². The normalized spacial score (nSPS) is 31.2. The minimum absolute atomic E-state index is 0.0481. The van der Waals surface area contributed by atoms with Gasteiger partial charge in [-0.05, 0) is 66.0 Å². The smallest absolute Gasteiger partial charge is 0.232 e. The van der Waals surface area contributed by atoms with Gasteiger partial charge >= 0.3 is 0 Å². The number of thiophene rings is 1. The number of allylic oxidation sites excluding steroid dienone is 1. The number of ether oxygens (including phenoxy) is 2. The molecule has 0 radical (unpaired) electrons. The zero-order valence-electron chi connectivity index (χ0n) is 20.6. The third-order valence-electron chi connectivity index (χ3n) is 8.31. The number of hydrogen-bond acceptors (Lipinski definition) is 6. The molecule has 6 rings (SSSR count). The van der Waals surface area contributed by atoms with Crippen molar-refractivity contribution in [2.24, 2.45) is 16.3 Å². The first kappa shape index (κ1) is 23.3. The van der Waals surface area contributed by atoms with Gasteiger partial charge in [0.15, 0.2) is 12.0 Å². The molecular weight excluding hydrogens is 472 g/mol. The molecule has 3 aliphatic rings. The molecule has 0 unspecified atom stereocenters. The summed E-state index contributed by atoms with van der Waals surface area (Å²) in [5.74, 6) is 1.80. The number of rotatable bonds is 7. The molecule has 0 N–H and O–H groups in total.